The first-order chi connectivity index (χ1) is 14.9. The maximum absolute atomic E-state index is 13.5. The quantitative estimate of drug-likeness (QED) is 0.681. The molecule has 1 aliphatic heterocycles. The molecular formula is C24H31N3O3S. The van der Waals surface area contributed by atoms with Crippen LogP contribution in [0.5, 0.6) is 0 Å². The summed E-state index contributed by atoms with van der Waals surface area (Å²) in [5.74, 6) is -0.172. The molecule has 31 heavy (non-hydrogen) atoms. The van der Waals surface area contributed by atoms with Crippen molar-refractivity contribution < 1.29 is 13.2 Å². The summed E-state index contributed by atoms with van der Waals surface area (Å²) in [6, 6.07) is 17.2. The molecule has 4 rings (SSSR count). The summed E-state index contributed by atoms with van der Waals surface area (Å²) < 4.78 is 28.7. The first-order valence-electron chi connectivity index (χ1n) is 11.1. The lowest BCUT2D eigenvalue weighted by Gasteiger charge is -2.38. The highest BCUT2D eigenvalue weighted by Gasteiger charge is 2.43. The Hall–Kier alpha value is -2.22. The van der Waals surface area contributed by atoms with Crippen molar-refractivity contribution in [3.8, 4) is 0 Å². The van der Waals surface area contributed by atoms with Crippen LogP contribution in [0.15, 0.2) is 59.5 Å². The fourth-order valence-electron chi connectivity index (χ4n) is 4.38. The molecule has 6 nitrogen and oxygen atoms in total. The van der Waals surface area contributed by atoms with Gasteiger partial charge in [0.05, 0.1) is 4.90 Å². The maximum atomic E-state index is 13.5. The number of nitrogens with zero attached hydrogens (tertiary/aromatic N) is 2. The van der Waals surface area contributed by atoms with Crippen LogP contribution in [0, 0.1) is 0 Å². The monoisotopic (exact) mass is 441 g/mol. The summed E-state index contributed by atoms with van der Waals surface area (Å²) in [4.78, 5) is 14.0. The summed E-state index contributed by atoms with van der Waals surface area (Å²) >= 11 is 0. The van der Waals surface area contributed by atoms with E-state index in [2.05, 4.69) is 34.5 Å². The Morgan fingerprint density at radius 2 is 1.58 bits per heavy atom. The first kappa shape index (κ1) is 22.0. The molecule has 0 unspecified atom stereocenters. The highest BCUT2D eigenvalue weighted by atomic mass is 32.2. The topological polar surface area (TPSA) is 69.7 Å². The lowest BCUT2D eigenvalue weighted by Crippen LogP contribution is -2.48. The molecule has 2 aliphatic rings. The number of amides is 1. The van der Waals surface area contributed by atoms with Crippen LogP contribution >= 0.6 is 0 Å². The molecule has 0 bridgehead atoms. The van der Waals surface area contributed by atoms with Gasteiger partial charge in [-0.15, -0.1) is 0 Å². The fraction of sp³-hybridized carbons (Fsp3) is 0.458. The molecule has 0 radical (unpaired) electrons. The van der Waals surface area contributed by atoms with E-state index in [1.54, 1.807) is 28.6 Å². The third kappa shape index (κ3) is 5.53. The molecule has 2 aromatic carbocycles. The van der Waals surface area contributed by atoms with E-state index in [1.807, 2.05) is 6.07 Å². The zero-order valence-electron chi connectivity index (χ0n) is 18.0. The van der Waals surface area contributed by atoms with Gasteiger partial charge < -0.3 is 10.2 Å². The van der Waals surface area contributed by atoms with Crippen LogP contribution in [0.2, 0.25) is 0 Å². The third-order valence-corrected chi connectivity index (χ3v) is 8.15. The lowest BCUT2D eigenvalue weighted by atomic mass is 10.0. The Balaban J connectivity index is 1.39. The van der Waals surface area contributed by atoms with Gasteiger partial charge in [0.2, 0.25) is 15.9 Å². The number of nitrogens with one attached hydrogen (secondary N) is 1. The molecule has 1 amide bonds. The van der Waals surface area contributed by atoms with E-state index in [4.69, 9.17) is 0 Å². The number of carbonyl (C=O) groups is 1. The molecule has 0 spiro atoms. The lowest BCUT2D eigenvalue weighted by molar-refractivity contribution is -0.114. The zero-order valence-corrected chi connectivity index (χ0v) is 18.9. The van der Waals surface area contributed by atoms with E-state index < -0.39 is 10.0 Å². The minimum Gasteiger partial charge on any atom is -0.326 e. The highest BCUT2D eigenvalue weighted by Crippen LogP contribution is 2.37. The second-order valence-electron chi connectivity index (χ2n) is 8.58. The summed E-state index contributed by atoms with van der Waals surface area (Å²) in [5.41, 5.74) is 1.95. The predicted octanol–water partition coefficient (Wildman–Crippen LogP) is 3.51. The summed E-state index contributed by atoms with van der Waals surface area (Å²) in [6.07, 6.45) is 4.65. The second kappa shape index (κ2) is 9.51. The van der Waals surface area contributed by atoms with E-state index in [0.29, 0.717) is 10.6 Å². The van der Waals surface area contributed by atoms with E-state index in [9.17, 15) is 13.2 Å². The van der Waals surface area contributed by atoms with Crippen molar-refractivity contribution in [2.24, 2.45) is 0 Å². The van der Waals surface area contributed by atoms with E-state index >= 15 is 0 Å². The van der Waals surface area contributed by atoms with Crippen LogP contribution in [-0.2, 0) is 21.2 Å². The first-order valence-corrected chi connectivity index (χ1v) is 12.5. The summed E-state index contributed by atoms with van der Waals surface area (Å²) in [6.45, 7) is 4.30. The summed E-state index contributed by atoms with van der Waals surface area (Å²) in [5, 5.41) is 2.69. The average molecular weight is 442 g/mol. The normalized spacial score (nSPS) is 18.3. The van der Waals surface area contributed by atoms with Gasteiger partial charge in [-0.1, -0.05) is 30.3 Å². The van der Waals surface area contributed by atoms with Gasteiger partial charge in [0.25, 0.3) is 0 Å². The van der Waals surface area contributed by atoms with Crippen LogP contribution in [0.25, 0.3) is 0 Å². The number of carbonyl (C=O) groups excluding carboxylic acids is 1. The minimum atomic E-state index is -3.55. The van der Waals surface area contributed by atoms with Crippen LogP contribution in [0.1, 0.15) is 38.2 Å². The van der Waals surface area contributed by atoms with Crippen LogP contribution in [-0.4, -0.2) is 55.2 Å². The van der Waals surface area contributed by atoms with Gasteiger partial charge in [-0.2, -0.15) is 4.31 Å². The van der Waals surface area contributed by atoms with E-state index in [0.717, 1.165) is 51.7 Å². The molecule has 1 saturated heterocycles. The fourth-order valence-corrected chi connectivity index (χ4v) is 6.31. The number of likely N-dealkylation sites (tertiary alicyclic amines) is 1. The molecule has 2 aromatic rings. The molecule has 1 aliphatic carbocycles. The van der Waals surface area contributed by atoms with Crippen molar-refractivity contribution in [1.29, 1.82) is 0 Å². The average Bonchev–Trinajstić information content (AvgIpc) is 3.59. The van der Waals surface area contributed by atoms with Crippen LogP contribution < -0.4 is 5.32 Å². The van der Waals surface area contributed by atoms with Crippen molar-refractivity contribution in [2.45, 2.75) is 56.0 Å². The van der Waals surface area contributed by atoms with Gasteiger partial charge in [-0.25, -0.2) is 8.42 Å². The predicted molar refractivity (Wildman–Crippen MR) is 122 cm³/mol. The molecule has 1 N–H and O–H groups in total. The molecule has 0 aromatic heterocycles. The number of sulfonamides is 1. The van der Waals surface area contributed by atoms with Crippen molar-refractivity contribution >= 4 is 21.6 Å². The van der Waals surface area contributed by atoms with E-state index in [1.165, 1.54) is 12.5 Å². The van der Waals surface area contributed by atoms with Gasteiger partial charge in [-0.05, 0) is 75.0 Å². The van der Waals surface area contributed by atoms with Gasteiger partial charge >= 0.3 is 0 Å². The van der Waals surface area contributed by atoms with Crippen molar-refractivity contribution in [3.05, 3.63) is 60.2 Å². The Morgan fingerprint density at radius 3 is 2.16 bits per heavy atom. The Labute approximate surface area is 185 Å². The van der Waals surface area contributed by atoms with Crippen molar-refractivity contribution in [3.63, 3.8) is 0 Å². The largest absolute Gasteiger partial charge is 0.326 e. The molecule has 2 fully saturated rings. The minimum absolute atomic E-state index is 0.0560. The number of benzene rings is 2. The second-order valence-corrected chi connectivity index (χ2v) is 10.4. The molecule has 7 heteroatoms. The molecule has 166 valence electrons. The van der Waals surface area contributed by atoms with Crippen molar-refractivity contribution in [1.82, 2.24) is 9.21 Å². The molecule has 0 atom stereocenters. The number of piperidine rings is 1. The number of hydrogen-bond acceptors (Lipinski definition) is 4. The maximum Gasteiger partial charge on any atom is 0.243 e. The Morgan fingerprint density at radius 1 is 0.968 bits per heavy atom. The number of hydrogen-bond donors (Lipinski definition) is 1. The van der Waals surface area contributed by atoms with Crippen LogP contribution in [0.3, 0.4) is 0 Å². The Bertz CT molecular complexity index is 980. The SMILES string of the molecule is CC(=O)Nc1ccc(S(=O)(=O)N(C2CC2)C2CCN(CCc3ccccc3)CC2)cc1. The summed E-state index contributed by atoms with van der Waals surface area (Å²) in [7, 11) is -3.55. The standard InChI is InChI=1S/C24H31N3O3S/c1-19(28)25-21-7-11-24(12-8-21)31(29,30)27(22-9-10-22)23-14-17-26(18-15-23)16-13-20-5-3-2-4-6-20/h2-8,11-12,22-23H,9-10,13-18H2,1H3,(H,25,28). The molecular weight excluding hydrogens is 410 g/mol. The van der Waals surface area contributed by atoms with Crippen LogP contribution in [0.4, 0.5) is 5.69 Å². The zero-order chi connectivity index (χ0) is 21.8. The number of anilines is 1. The van der Waals surface area contributed by atoms with Gasteiger partial charge in [0.1, 0.15) is 0 Å². The van der Waals surface area contributed by atoms with E-state index in [-0.39, 0.29) is 18.0 Å². The third-order valence-electron chi connectivity index (χ3n) is 6.13. The molecule has 1 saturated carbocycles. The highest BCUT2D eigenvalue weighted by molar-refractivity contribution is 7.89. The Kier molecular flexibility index (Phi) is 6.74. The van der Waals surface area contributed by atoms with Gasteiger partial charge in [0.15, 0.2) is 0 Å². The molecule has 1 heterocycles. The van der Waals surface area contributed by atoms with Gasteiger partial charge in [0, 0.05) is 31.2 Å². The number of rotatable bonds is 8. The smallest absolute Gasteiger partial charge is 0.243 e. The van der Waals surface area contributed by atoms with Crippen molar-refractivity contribution in [2.75, 3.05) is 25.0 Å². The van der Waals surface area contributed by atoms with Gasteiger partial charge in [-0.3, -0.25) is 4.79 Å².